The molecule has 1 aromatic rings. The molecule has 0 unspecified atom stereocenters. The van der Waals surface area contributed by atoms with Gasteiger partial charge in [-0.25, -0.2) is 0 Å². The monoisotopic (exact) mass is 296 g/mol. The summed E-state index contributed by atoms with van der Waals surface area (Å²) in [5.74, 6) is 0.0125. The Balaban J connectivity index is 2.05. The third kappa shape index (κ3) is 7.51. The van der Waals surface area contributed by atoms with Crippen LogP contribution in [0.2, 0.25) is 5.02 Å². The molecule has 0 aliphatic heterocycles. The van der Waals surface area contributed by atoms with E-state index in [0.29, 0.717) is 18.1 Å². The number of nitrogens with one attached hydrogen (secondary N) is 2. The third-order valence-corrected chi connectivity index (χ3v) is 3.55. The molecule has 0 aromatic heterocycles. The molecule has 0 saturated carbocycles. The van der Waals surface area contributed by atoms with Gasteiger partial charge in [0.15, 0.2) is 0 Å². The lowest BCUT2D eigenvalue weighted by Gasteiger charge is -2.08. The van der Waals surface area contributed by atoms with E-state index in [9.17, 15) is 4.79 Å². The molecule has 2 N–H and O–H groups in total. The maximum Gasteiger partial charge on any atom is 0.234 e. The van der Waals surface area contributed by atoms with E-state index in [1.165, 1.54) is 25.7 Å². The van der Waals surface area contributed by atoms with Gasteiger partial charge in [0.05, 0.1) is 6.54 Å². The molecule has 0 atom stereocenters. The second-order valence-corrected chi connectivity index (χ2v) is 5.37. The van der Waals surface area contributed by atoms with E-state index in [-0.39, 0.29) is 5.91 Å². The molecular weight excluding hydrogens is 272 g/mol. The topological polar surface area (TPSA) is 41.1 Å². The Hall–Kier alpha value is -1.06. The van der Waals surface area contributed by atoms with Crippen molar-refractivity contribution in [1.29, 1.82) is 0 Å². The van der Waals surface area contributed by atoms with Gasteiger partial charge in [-0.2, -0.15) is 0 Å². The van der Waals surface area contributed by atoms with Crippen LogP contribution >= 0.6 is 11.6 Å². The molecule has 1 rings (SSSR count). The van der Waals surface area contributed by atoms with E-state index in [1.54, 1.807) is 0 Å². The van der Waals surface area contributed by atoms with Crippen LogP contribution in [0.1, 0.15) is 44.6 Å². The van der Waals surface area contributed by atoms with Crippen LogP contribution in [0.25, 0.3) is 0 Å². The smallest absolute Gasteiger partial charge is 0.234 e. The van der Waals surface area contributed by atoms with Crippen molar-refractivity contribution in [2.45, 2.75) is 45.6 Å². The fraction of sp³-hybridized carbons (Fsp3) is 0.562. The molecule has 0 fully saturated rings. The van der Waals surface area contributed by atoms with E-state index >= 15 is 0 Å². The van der Waals surface area contributed by atoms with Gasteiger partial charge in [0.1, 0.15) is 0 Å². The molecule has 0 aliphatic rings. The van der Waals surface area contributed by atoms with Crippen molar-refractivity contribution in [2.75, 3.05) is 13.1 Å². The molecule has 0 heterocycles. The maximum absolute atomic E-state index is 11.6. The lowest BCUT2D eigenvalue weighted by atomic mass is 10.1. The van der Waals surface area contributed by atoms with Crippen molar-refractivity contribution in [1.82, 2.24) is 10.6 Å². The highest BCUT2D eigenvalue weighted by Gasteiger charge is 2.02. The lowest BCUT2D eigenvalue weighted by molar-refractivity contribution is -0.120. The average molecular weight is 297 g/mol. The fourth-order valence-corrected chi connectivity index (χ4v) is 2.16. The summed E-state index contributed by atoms with van der Waals surface area (Å²) >= 11 is 6.03. The van der Waals surface area contributed by atoms with Crippen molar-refractivity contribution in [3.05, 3.63) is 34.9 Å². The molecule has 4 heteroatoms. The van der Waals surface area contributed by atoms with Crippen molar-refractivity contribution in [3.63, 3.8) is 0 Å². The Bertz CT molecular complexity index is 396. The second-order valence-electron chi connectivity index (χ2n) is 4.96. The summed E-state index contributed by atoms with van der Waals surface area (Å²) in [4.78, 5) is 11.6. The summed E-state index contributed by atoms with van der Waals surface area (Å²) in [5.41, 5.74) is 0.946. The largest absolute Gasteiger partial charge is 0.351 e. The maximum atomic E-state index is 11.6. The van der Waals surface area contributed by atoms with Crippen molar-refractivity contribution >= 4 is 17.5 Å². The summed E-state index contributed by atoms with van der Waals surface area (Å²) in [6.45, 7) is 3.97. The second kappa shape index (κ2) is 10.7. The summed E-state index contributed by atoms with van der Waals surface area (Å²) < 4.78 is 0. The minimum atomic E-state index is 0.0125. The van der Waals surface area contributed by atoms with Crippen LogP contribution in [-0.4, -0.2) is 19.0 Å². The summed E-state index contributed by atoms with van der Waals surface area (Å²) in [7, 11) is 0. The normalized spacial score (nSPS) is 10.5. The van der Waals surface area contributed by atoms with Gasteiger partial charge in [0.2, 0.25) is 5.91 Å². The highest BCUT2D eigenvalue weighted by molar-refractivity contribution is 6.31. The standard InChI is InChI=1S/C16H25ClN2O/c1-2-3-4-5-8-11-18-13-16(20)19-12-14-9-6-7-10-15(14)17/h6-7,9-10,18H,2-5,8,11-13H2,1H3,(H,19,20). The van der Waals surface area contributed by atoms with Gasteiger partial charge >= 0.3 is 0 Å². The van der Waals surface area contributed by atoms with E-state index in [2.05, 4.69) is 17.6 Å². The van der Waals surface area contributed by atoms with Gasteiger partial charge in [-0.05, 0) is 24.6 Å². The number of carbonyl (C=O) groups is 1. The predicted octanol–water partition coefficient (Wildman–Crippen LogP) is 3.52. The van der Waals surface area contributed by atoms with Crippen LogP contribution in [0.15, 0.2) is 24.3 Å². The number of halogens is 1. The van der Waals surface area contributed by atoms with Gasteiger partial charge in [-0.3, -0.25) is 4.79 Å². The number of rotatable bonds is 10. The average Bonchev–Trinajstić information content (AvgIpc) is 2.45. The first-order valence-corrected chi connectivity index (χ1v) is 7.82. The predicted molar refractivity (Wildman–Crippen MR) is 84.9 cm³/mol. The van der Waals surface area contributed by atoms with Crippen LogP contribution in [0.5, 0.6) is 0 Å². The Labute approximate surface area is 127 Å². The molecule has 0 bridgehead atoms. The first-order chi connectivity index (χ1) is 9.74. The summed E-state index contributed by atoms with van der Waals surface area (Å²) in [5, 5.41) is 6.72. The molecule has 1 amide bonds. The van der Waals surface area contributed by atoms with Gasteiger partial charge in [-0.1, -0.05) is 62.4 Å². The molecule has 3 nitrogen and oxygen atoms in total. The highest BCUT2D eigenvalue weighted by Crippen LogP contribution is 2.14. The molecule has 0 radical (unpaired) electrons. The fourth-order valence-electron chi connectivity index (χ4n) is 1.95. The van der Waals surface area contributed by atoms with E-state index in [0.717, 1.165) is 18.5 Å². The first kappa shape index (κ1) is 17.0. The summed E-state index contributed by atoms with van der Waals surface area (Å²) in [6, 6.07) is 7.55. The molecule has 20 heavy (non-hydrogen) atoms. The number of benzene rings is 1. The van der Waals surface area contributed by atoms with Gasteiger partial charge in [0.25, 0.3) is 0 Å². The SMILES string of the molecule is CCCCCCCNCC(=O)NCc1ccccc1Cl. The van der Waals surface area contributed by atoms with Crippen LogP contribution in [0.4, 0.5) is 0 Å². The van der Waals surface area contributed by atoms with Crippen molar-refractivity contribution < 1.29 is 4.79 Å². The number of hydrogen-bond acceptors (Lipinski definition) is 2. The third-order valence-electron chi connectivity index (χ3n) is 3.18. The van der Waals surface area contributed by atoms with E-state index in [4.69, 9.17) is 11.6 Å². The number of hydrogen-bond donors (Lipinski definition) is 2. The lowest BCUT2D eigenvalue weighted by Crippen LogP contribution is -2.33. The Morgan fingerprint density at radius 2 is 1.90 bits per heavy atom. The van der Waals surface area contributed by atoms with E-state index < -0.39 is 0 Å². The molecule has 0 aliphatic carbocycles. The Morgan fingerprint density at radius 3 is 2.65 bits per heavy atom. The number of unbranched alkanes of at least 4 members (excludes halogenated alkanes) is 4. The van der Waals surface area contributed by atoms with Crippen LogP contribution in [-0.2, 0) is 11.3 Å². The van der Waals surface area contributed by atoms with Crippen LogP contribution in [0.3, 0.4) is 0 Å². The first-order valence-electron chi connectivity index (χ1n) is 7.45. The number of carbonyl (C=O) groups excluding carboxylic acids is 1. The minimum absolute atomic E-state index is 0.0125. The number of amides is 1. The van der Waals surface area contributed by atoms with Gasteiger partial charge < -0.3 is 10.6 Å². The Kier molecular flexibility index (Phi) is 9.09. The molecule has 0 spiro atoms. The quantitative estimate of drug-likeness (QED) is 0.649. The molecule has 1 aromatic carbocycles. The van der Waals surface area contributed by atoms with Crippen LogP contribution in [0, 0.1) is 0 Å². The van der Waals surface area contributed by atoms with E-state index in [1.807, 2.05) is 24.3 Å². The van der Waals surface area contributed by atoms with Gasteiger partial charge in [-0.15, -0.1) is 0 Å². The van der Waals surface area contributed by atoms with Gasteiger partial charge in [0, 0.05) is 11.6 Å². The molecule has 112 valence electrons. The van der Waals surface area contributed by atoms with Crippen molar-refractivity contribution in [3.8, 4) is 0 Å². The van der Waals surface area contributed by atoms with Crippen molar-refractivity contribution in [2.24, 2.45) is 0 Å². The molecular formula is C16H25ClN2O. The summed E-state index contributed by atoms with van der Waals surface area (Å²) in [6.07, 6.45) is 6.23. The Morgan fingerprint density at radius 1 is 1.15 bits per heavy atom. The highest BCUT2D eigenvalue weighted by atomic mass is 35.5. The molecule has 0 saturated heterocycles. The zero-order chi connectivity index (χ0) is 14.6. The van der Waals surface area contributed by atoms with Crippen LogP contribution < -0.4 is 10.6 Å². The zero-order valence-corrected chi connectivity index (χ0v) is 13.0. The minimum Gasteiger partial charge on any atom is -0.351 e. The zero-order valence-electron chi connectivity index (χ0n) is 12.3.